The molecule has 92 valence electrons. The van der Waals surface area contributed by atoms with Crippen molar-refractivity contribution in [2.24, 2.45) is 10.7 Å². The Balaban J connectivity index is 1.99. The number of thiazole rings is 1. The third kappa shape index (κ3) is 1.86. The van der Waals surface area contributed by atoms with Crippen molar-refractivity contribution in [3.63, 3.8) is 0 Å². The first-order chi connectivity index (χ1) is 8.75. The predicted molar refractivity (Wildman–Crippen MR) is 75.0 cm³/mol. The molecule has 5 heteroatoms. The van der Waals surface area contributed by atoms with E-state index in [1.807, 2.05) is 17.8 Å². The van der Waals surface area contributed by atoms with E-state index in [0.29, 0.717) is 12.5 Å². The Hall–Kier alpha value is -1.88. The molecule has 2 N–H and O–H groups in total. The molecule has 0 aliphatic carbocycles. The number of rotatable bonds is 2. The fourth-order valence-corrected chi connectivity index (χ4v) is 2.90. The Morgan fingerprint density at radius 1 is 1.44 bits per heavy atom. The summed E-state index contributed by atoms with van der Waals surface area (Å²) in [4.78, 5) is 11.8. The van der Waals surface area contributed by atoms with E-state index >= 15 is 0 Å². The molecule has 1 aromatic carbocycles. The number of benzene rings is 1. The van der Waals surface area contributed by atoms with E-state index < -0.39 is 0 Å². The molecular formula is C13H14N4S. The maximum atomic E-state index is 6.02. The number of guanidine groups is 1. The Bertz CT molecular complexity index is 576. The van der Waals surface area contributed by atoms with Gasteiger partial charge in [0.15, 0.2) is 5.96 Å². The van der Waals surface area contributed by atoms with Crippen molar-refractivity contribution in [1.29, 1.82) is 0 Å². The van der Waals surface area contributed by atoms with Gasteiger partial charge in [-0.3, -0.25) is 9.98 Å². The second-order valence-corrected chi connectivity index (χ2v) is 5.25. The average molecular weight is 258 g/mol. The first-order valence-corrected chi connectivity index (χ1v) is 6.68. The summed E-state index contributed by atoms with van der Waals surface area (Å²) in [5.41, 5.74) is 10.2. The van der Waals surface area contributed by atoms with Crippen molar-refractivity contribution >= 4 is 23.0 Å². The van der Waals surface area contributed by atoms with Crippen LogP contribution in [0.2, 0.25) is 0 Å². The molecular weight excluding hydrogens is 244 g/mol. The number of hydrogen-bond donors (Lipinski definition) is 1. The normalized spacial score (nSPS) is 19.1. The summed E-state index contributed by atoms with van der Waals surface area (Å²) in [7, 11) is 0. The van der Waals surface area contributed by atoms with Gasteiger partial charge in [0.25, 0.3) is 0 Å². The lowest BCUT2D eigenvalue weighted by atomic mass is 10.1. The van der Waals surface area contributed by atoms with Gasteiger partial charge in [0.1, 0.15) is 0 Å². The molecule has 2 aromatic rings. The van der Waals surface area contributed by atoms with Crippen LogP contribution in [0, 0.1) is 6.92 Å². The van der Waals surface area contributed by atoms with Crippen molar-refractivity contribution in [2.75, 3.05) is 11.4 Å². The van der Waals surface area contributed by atoms with E-state index in [9.17, 15) is 0 Å². The Labute approximate surface area is 110 Å². The Kier molecular flexibility index (Phi) is 2.76. The van der Waals surface area contributed by atoms with Crippen LogP contribution >= 0.6 is 11.3 Å². The van der Waals surface area contributed by atoms with Gasteiger partial charge in [-0.1, -0.05) is 12.1 Å². The first kappa shape index (κ1) is 11.2. The Morgan fingerprint density at radius 2 is 2.33 bits per heavy atom. The first-order valence-electron chi connectivity index (χ1n) is 5.80. The van der Waals surface area contributed by atoms with Gasteiger partial charge in [0, 0.05) is 16.8 Å². The van der Waals surface area contributed by atoms with Gasteiger partial charge >= 0.3 is 0 Å². The summed E-state index contributed by atoms with van der Waals surface area (Å²) in [5, 5.41) is 0. The molecule has 0 radical (unpaired) electrons. The van der Waals surface area contributed by atoms with Gasteiger partial charge in [0.05, 0.1) is 18.1 Å². The van der Waals surface area contributed by atoms with Crippen LogP contribution in [0.15, 0.2) is 41.0 Å². The van der Waals surface area contributed by atoms with Crippen LogP contribution in [-0.2, 0) is 0 Å². The quantitative estimate of drug-likeness (QED) is 0.899. The highest BCUT2D eigenvalue weighted by atomic mass is 32.1. The van der Waals surface area contributed by atoms with E-state index in [1.165, 1.54) is 10.4 Å². The van der Waals surface area contributed by atoms with Crippen LogP contribution in [0.5, 0.6) is 0 Å². The van der Waals surface area contributed by atoms with Gasteiger partial charge < -0.3 is 10.6 Å². The molecule has 4 nitrogen and oxygen atoms in total. The number of nitrogens with zero attached hydrogens (tertiary/aromatic N) is 3. The molecule has 1 aromatic heterocycles. The molecule has 1 atom stereocenters. The summed E-state index contributed by atoms with van der Waals surface area (Å²) < 4.78 is 0. The predicted octanol–water partition coefficient (Wildman–Crippen LogP) is 2.33. The highest BCUT2D eigenvalue weighted by molar-refractivity contribution is 7.09. The summed E-state index contributed by atoms with van der Waals surface area (Å²) in [6.07, 6.45) is 1.90. The monoisotopic (exact) mass is 258 g/mol. The molecule has 18 heavy (non-hydrogen) atoms. The molecule has 1 unspecified atom stereocenters. The van der Waals surface area contributed by atoms with Gasteiger partial charge in [-0.05, 0) is 24.6 Å². The van der Waals surface area contributed by atoms with Crippen LogP contribution in [-0.4, -0.2) is 17.5 Å². The molecule has 0 fully saturated rings. The third-order valence-electron chi connectivity index (χ3n) is 3.04. The maximum Gasteiger partial charge on any atom is 0.196 e. The lowest BCUT2D eigenvalue weighted by molar-refractivity contribution is 0.782. The van der Waals surface area contributed by atoms with Crippen molar-refractivity contribution in [3.8, 4) is 0 Å². The van der Waals surface area contributed by atoms with Crippen LogP contribution in [0.25, 0.3) is 0 Å². The van der Waals surface area contributed by atoms with E-state index in [2.05, 4.69) is 40.0 Å². The number of aromatic nitrogens is 1. The number of anilines is 1. The van der Waals surface area contributed by atoms with E-state index in [1.54, 1.807) is 11.3 Å². The second kappa shape index (κ2) is 4.42. The van der Waals surface area contributed by atoms with Crippen molar-refractivity contribution in [3.05, 3.63) is 46.4 Å². The van der Waals surface area contributed by atoms with Gasteiger partial charge in [-0.2, -0.15) is 0 Å². The zero-order valence-electron chi connectivity index (χ0n) is 10.1. The minimum Gasteiger partial charge on any atom is -0.369 e. The summed E-state index contributed by atoms with van der Waals surface area (Å²) >= 11 is 1.64. The number of aliphatic imine (C=N–C) groups is 1. The molecule has 3 rings (SSSR count). The number of aryl methyl sites for hydroxylation is 1. The topological polar surface area (TPSA) is 54.5 Å². The SMILES string of the molecule is Cc1cccc(N2C(N)=NCC2c2cncs2)c1. The van der Waals surface area contributed by atoms with Crippen molar-refractivity contribution in [1.82, 2.24) is 4.98 Å². The van der Waals surface area contributed by atoms with Crippen LogP contribution in [0.1, 0.15) is 16.5 Å². The summed E-state index contributed by atoms with van der Waals surface area (Å²) in [6.45, 7) is 2.77. The largest absolute Gasteiger partial charge is 0.369 e. The van der Waals surface area contributed by atoms with Crippen molar-refractivity contribution < 1.29 is 0 Å². The van der Waals surface area contributed by atoms with Crippen molar-refractivity contribution in [2.45, 2.75) is 13.0 Å². The zero-order chi connectivity index (χ0) is 12.5. The zero-order valence-corrected chi connectivity index (χ0v) is 10.9. The van der Waals surface area contributed by atoms with Gasteiger partial charge in [-0.15, -0.1) is 11.3 Å². The Morgan fingerprint density at radius 3 is 3.06 bits per heavy atom. The molecule has 1 aliphatic rings. The minimum absolute atomic E-state index is 0.180. The van der Waals surface area contributed by atoms with E-state index in [4.69, 9.17) is 5.73 Å². The molecule has 0 saturated carbocycles. The van der Waals surface area contributed by atoms with Crippen LogP contribution in [0.3, 0.4) is 0 Å². The molecule has 0 bridgehead atoms. The van der Waals surface area contributed by atoms with E-state index in [0.717, 1.165) is 5.69 Å². The van der Waals surface area contributed by atoms with E-state index in [-0.39, 0.29) is 6.04 Å². The molecule has 0 spiro atoms. The van der Waals surface area contributed by atoms with Crippen LogP contribution in [0.4, 0.5) is 5.69 Å². The molecule has 2 heterocycles. The van der Waals surface area contributed by atoms with Crippen LogP contribution < -0.4 is 10.6 Å². The molecule has 0 amide bonds. The van der Waals surface area contributed by atoms with Gasteiger partial charge in [-0.25, -0.2) is 0 Å². The lowest BCUT2D eigenvalue weighted by Crippen LogP contribution is -2.35. The summed E-state index contributed by atoms with van der Waals surface area (Å²) in [5.74, 6) is 0.582. The van der Waals surface area contributed by atoms with Gasteiger partial charge in [0.2, 0.25) is 0 Å². The number of hydrogen-bond acceptors (Lipinski definition) is 5. The summed E-state index contributed by atoms with van der Waals surface area (Å²) in [6, 6.07) is 8.49. The highest BCUT2D eigenvalue weighted by Crippen LogP contribution is 2.32. The maximum absolute atomic E-state index is 6.02. The minimum atomic E-state index is 0.180. The average Bonchev–Trinajstić information content (AvgIpc) is 2.97. The lowest BCUT2D eigenvalue weighted by Gasteiger charge is -2.25. The fourth-order valence-electron chi connectivity index (χ4n) is 2.19. The second-order valence-electron chi connectivity index (χ2n) is 4.33. The standard InChI is InChI=1S/C13H14N4S/c1-9-3-2-4-10(5-9)17-11(6-16-13(17)14)12-7-15-8-18-12/h2-5,7-8,11H,6H2,1H3,(H2,14,16). The number of nitrogens with two attached hydrogens (primary N) is 1. The highest BCUT2D eigenvalue weighted by Gasteiger charge is 2.29. The fraction of sp³-hybridized carbons (Fsp3) is 0.231. The molecule has 0 saturated heterocycles. The smallest absolute Gasteiger partial charge is 0.196 e. The molecule has 1 aliphatic heterocycles. The third-order valence-corrected chi connectivity index (χ3v) is 3.92.